The molecule has 88 valence electrons. The maximum atomic E-state index is 3.52. The number of thioether (sulfide) groups is 1. The standard InChI is InChI=1S/C14H21NS/c1-15-14(11-7-3-4-8-11)12-9-5-6-10-13(12)16-2/h5-6,9-11,14-15H,3-4,7-8H2,1-2H3. The summed E-state index contributed by atoms with van der Waals surface area (Å²) in [5.41, 5.74) is 1.49. The SMILES string of the molecule is CNC(c1ccccc1SC)C1CCCC1. The zero-order valence-corrected chi connectivity index (χ0v) is 11.0. The molecule has 0 spiro atoms. The quantitative estimate of drug-likeness (QED) is 0.795. The van der Waals surface area contributed by atoms with E-state index in [1.807, 2.05) is 11.8 Å². The predicted octanol–water partition coefficient (Wildman–Crippen LogP) is 3.86. The van der Waals surface area contributed by atoms with E-state index >= 15 is 0 Å². The van der Waals surface area contributed by atoms with E-state index in [0.717, 1.165) is 5.92 Å². The van der Waals surface area contributed by atoms with E-state index in [-0.39, 0.29) is 0 Å². The molecule has 0 heterocycles. The summed E-state index contributed by atoms with van der Waals surface area (Å²) in [4.78, 5) is 1.42. The van der Waals surface area contributed by atoms with E-state index in [1.165, 1.54) is 36.1 Å². The highest BCUT2D eigenvalue weighted by molar-refractivity contribution is 7.98. The van der Waals surface area contributed by atoms with Gasteiger partial charge in [0.25, 0.3) is 0 Å². The second-order valence-corrected chi connectivity index (χ2v) is 5.40. The Morgan fingerprint density at radius 2 is 1.94 bits per heavy atom. The third kappa shape index (κ3) is 2.44. The van der Waals surface area contributed by atoms with Gasteiger partial charge in [0, 0.05) is 10.9 Å². The molecule has 0 amide bonds. The molecule has 0 radical (unpaired) electrons. The van der Waals surface area contributed by atoms with E-state index < -0.39 is 0 Å². The number of nitrogens with one attached hydrogen (secondary N) is 1. The van der Waals surface area contributed by atoms with Crippen molar-refractivity contribution in [3.8, 4) is 0 Å². The van der Waals surface area contributed by atoms with Crippen LogP contribution in [-0.2, 0) is 0 Å². The fourth-order valence-corrected chi connectivity index (χ4v) is 3.50. The van der Waals surface area contributed by atoms with Crippen LogP contribution >= 0.6 is 11.8 Å². The Balaban J connectivity index is 2.24. The summed E-state index contributed by atoms with van der Waals surface area (Å²) in [5, 5.41) is 3.52. The molecule has 1 atom stereocenters. The van der Waals surface area contributed by atoms with Crippen LogP contribution in [0.15, 0.2) is 29.2 Å². The zero-order valence-electron chi connectivity index (χ0n) is 10.2. The number of hydrogen-bond donors (Lipinski definition) is 1. The van der Waals surface area contributed by atoms with Crippen LogP contribution in [0.1, 0.15) is 37.3 Å². The van der Waals surface area contributed by atoms with Gasteiger partial charge in [0.05, 0.1) is 0 Å². The smallest absolute Gasteiger partial charge is 0.0357 e. The zero-order chi connectivity index (χ0) is 11.4. The maximum Gasteiger partial charge on any atom is 0.0357 e. The summed E-state index contributed by atoms with van der Waals surface area (Å²) in [7, 11) is 2.10. The van der Waals surface area contributed by atoms with Crippen LogP contribution in [0.2, 0.25) is 0 Å². The lowest BCUT2D eigenvalue weighted by Crippen LogP contribution is -2.24. The second kappa shape index (κ2) is 5.74. The van der Waals surface area contributed by atoms with Crippen molar-refractivity contribution in [2.45, 2.75) is 36.6 Å². The van der Waals surface area contributed by atoms with Crippen LogP contribution in [0.4, 0.5) is 0 Å². The van der Waals surface area contributed by atoms with Gasteiger partial charge in [-0.1, -0.05) is 31.0 Å². The van der Waals surface area contributed by atoms with Crippen molar-refractivity contribution < 1.29 is 0 Å². The normalized spacial score (nSPS) is 18.9. The van der Waals surface area contributed by atoms with Gasteiger partial charge in [0.2, 0.25) is 0 Å². The lowest BCUT2D eigenvalue weighted by Gasteiger charge is -2.25. The molecule has 1 aliphatic carbocycles. The molecule has 1 aromatic carbocycles. The number of hydrogen-bond acceptors (Lipinski definition) is 2. The lowest BCUT2D eigenvalue weighted by molar-refractivity contribution is 0.386. The molecular formula is C14H21NS. The fourth-order valence-electron chi connectivity index (χ4n) is 2.86. The summed E-state index contributed by atoms with van der Waals surface area (Å²) < 4.78 is 0. The largest absolute Gasteiger partial charge is 0.313 e. The highest BCUT2D eigenvalue weighted by atomic mass is 32.2. The van der Waals surface area contributed by atoms with E-state index in [1.54, 1.807) is 0 Å². The van der Waals surface area contributed by atoms with Crippen molar-refractivity contribution in [1.82, 2.24) is 5.32 Å². The summed E-state index contributed by atoms with van der Waals surface area (Å²) in [6, 6.07) is 9.36. The summed E-state index contributed by atoms with van der Waals surface area (Å²) in [5.74, 6) is 0.832. The average Bonchev–Trinajstić information content (AvgIpc) is 2.84. The molecule has 1 nitrogen and oxygen atoms in total. The lowest BCUT2D eigenvalue weighted by atomic mass is 9.92. The third-order valence-corrected chi connectivity index (χ3v) is 4.47. The van der Waals surface area contributed by atoms with Crippen molar-refractivity contribution >= 4 is 11.8 Å². The Labute approximate surface area is 103 Å². The molecule has 1 N–H and O–H groups in total. The molecule has 0 aromatic heterocycles. The van der Waals surface area contributed by atoms with Crippen molar-refractivity contribution in [2.24, 2.45) is 5.92 Å². The average molecular weight is 235 g/mol. The molecular weight excluding hydrogens is 214 g/mol. The van der Waals surface area contributed by atoms with Gasteiger partial charge in [-0.3, -0.25) is 0 Å². The molecule has 0 aliphatic heterocycles. The number of rotatable bonds is 4. The first kappa shape index (κ1) is 12.0. The van der Waals surface area contributed by atoms with E-state index in [0.29, 0.717) is 6.04 Å². The Kier molecular flexibility index (Phi) is 4.30. The van der Waals surface area contributed by atoms with Gasteiger partial charge in [-0.05, 0) is 43.7 Å². The molecule has 1 fully saturated rings. The molecule has 0 saturated heterocycles. The van der Waals surface area contributed by atoms with Gasteiger partial charge in [-0.15, -0.1) is 11.8 Å². The van der Waals surface area contributed by atoms with Crippen LogP contribution in [0.25, 0.3) is 0 Å². The fraction of sp³-hybridized carbons (Fsp3) is 0.571. The van der Waals surface area contributed by atoms with Crippen molar-refractivity contribution in [1.29, 1.82) is 0 Å². The topological polar surface area (TPSA) is 12.0 Å². The maximum absolute atomic E-state index is 3.52. The molecule has 2 rings (SSSR count). The first-order chi connectivity index (χ1) is 7.86. The second-order valence-electron chi connectivity index (χ2n) is 4.55. The van der Waals surface area contributed by atoms with Crippen LogP contribution in [0.5, 0.6) is 0 Å². The monoisotopic (exact) mass is 235 g/mol. The van der Waals surface area contributed by atoms with E-state index in [4.69, 9.17) is 0 Å². The summed E-state index contributed by atoms with van der Waals surface area (Å²) in [6.45, 7) is 0. The van der Waals surface area contributed by atoms with Crippen LogP contribution in [0.3, 0.4) is 0 Å². The van der Waals surface area contributed by atoms with Gasteiger partial charge < -0.3 is 5.32 Å². The predicted molar refractivity (Wildman–Crippen MR) is 72.0 cm³/mol. The summed E-state index contributed by atoms with van der Waals surface area (Å²) >= 11 is 1.86. The Hall–Kier alpha value is -0.470. The Morgan fingerprint density at radius 1 is 1.25 bits per heavy atom. The minimum Gasteiger partial charge on any atom is -0.313 e. The van der Waals surface area contributed by atoms with Crippen molar-refractivity contribution in [2.75, 3.05) is 13.3 Å². The van der Waals surface area contributed by atoms with Gasteiger partial charge in [-0.25, -0.2) is 0 Å². The molecule has 2 heteroatoms. The molecule has 1 saturated carbocycles. The van der Waals surface area contributed by atoms with Crippen LogP contribution in [-0.4, -0.2) is 13.3 Å². The van der Waals surface area contributed by atoms with Gasteiger partial charge >= 0.3 is 0 Å². The molecule has 1 unspecified atom stereocenters. The summed E-state index contributed by atoms with van der Waals surface area (Å²) in [6.07, 6.45) is 7.75. The van der Waals surface area contributed by atoms with Gasteiger partial charge in [0.1, 0.15) is 0 Å². The third-order valence-electron chi connectivity index (χ3n) is 3.66. The first-order valence-corrected chi connectivity index (χ1v) is 7.39. The van der Waals surface area contributed by atoms with Crippen LogP contribution in [0, 0.1) is 5.92 Å². The van der Waals surface area contributed by atoms with Gasteiger partial charge in [0.15, 0.2) is 0 Å². The van der Waals surface area contributed by atoms with Crippen LogP contribution < -0.4 is 5.32 Å². The first-order valence-electron chi connectivity index (χ1n) is 6.17. The molecule has 16 heavy (non-hydrogen) atoms. The minimum absolute atomic E-state index is 0.547. The van der Waals surface area contributed by atoms with Crippen molar-refractivity contribution in [3.05, 3.63) is 29.8 Å². The highest BCUT2D eigenvalue weighted by Gasteiger charge is 2.26. The van der Waals surface area contributed by atoms with Crippen molar-refractivity contribution in [3.63, 3.8) is 0 Å². The van der Waals surface area contributed by atoms with E-state index in [9.17, 15) is 0 Å². The van der Waals surface area contributed by atoms with E-state index in [2.05, 4.69) is 42.9 Å². The Morgan fingerprint density at radius 3 is 2.56 bits per heavy atom. The minimum atomic E-state index is 0.547. The highest BCUT2D eigenvalue weighted by Crippen LogP contribution is 2.38. The molecule has 1 aromatic rings. The molecule has 0 bridgehead atoms. The molecule has 1 aliphatic rings. The number of benzene rings is 1. The van der Waals surface area contributed by atoms with Gasteiger partial charge in [-0.2, -0.15) is 0 Å². The Bertz CT molecular complexity index is 331.